The zero-order valence-electron chi connectivity index (χ0n) is 17.2. The smallest absolute Gasteiger partial charge is 0.344 e. The maximum atomic E-state index is 13.0. The molecule has 2 N–H and O–H groups in total. The molecule has 0 aliphatic rings. The van der Waals surface area contributed by atoms with Crippen molar-refractivity contribution >= 4 is 5.97 Å². The SMILES string of the molecule is Cc1cc(O)c(C)c(C)c1C(=O)Oc1c(C)c(C)c(-c2nn[nH]n2)c(C)c1C. The topological polar surface area (TPSA) is 101 Å². The number of esters is 1. The first kappa shape index (κ1) is 19.5. The highest BCUT2D eigenvalue weighted by atomic mass is 16.5. The van der Waals surface area contributed by atoms with Crippen LogP contribution in [0.3, 0.4) is 0 Å². The Morgan fingerprint density at radius 3 is 2.07 bits per heavy atom. The van der Waals surface area contributed by atoms with E-state index in [4.69, 9.17) is 4.74 Å². The first-order valence-electron chi connectivity index (χ1n) is 9.01. The number of benzene rings is 2. The van der Waals surface area contributed by atoms with E-state index in [0.717, 1.165) is 33.4 Å². The van der Waals surface area contributed by atoms with Crippen LogP contribution in [-0.4, -0.2) is 31.7 Å². The summed E-state index contributed by atoms with van der Waals surface area (Å²) in [6.07, 6.45) is 0. The van der Waals surface area contributed by atoms with E-state index in [9.17, 15) is 9.90 Å². The molecule has 0 fully saturated rings. The van der Waals surface area contributed by atoms with E-state index in [0.29, 0.717) is 28.3 Å². The Bertz CT molecular complexity index is 1060. The molecule has 0 saturated heterocycles. The Labute approximate surface area is 163 Å². The van der Waals surface area contributed by atoms with Gasteiger partial charge in [-0.2, -0.15) is 5.21 Å². The average Bonchev–Trinajstić information content (AvgIpc) is 3.16. The number of aromatic nitrogens is 4. The molecule has 0 spiro atoms. The molecule has 28 heavy (non-hydrogen) atoms. The number of H-pyrrole nitrogens is 1. The minimum atomic E-state index is -0.435. The largest absolute Gasteiger partial charge is 0.508 e. The van der Waals surface area contributed by atoms with Crippen LogP contribution in [0.1, 0.15) is 49.3 Å². The monoisotopic (exact) mass is 380 g/mol. The Morgan fingerprint density at radius 2 is 1.54 bits per heavy atom. The molecule has 0 saturated carbocycles. The number of phenols is 1. The Balaban J connectivity index is 2.10. The molecule has 7 heteroatoms. The summed E-state index contributed by atoms with van der Waals surface area (Å²) >= 11 is 0. The van der Waals surface area contributed by atoms with Crippen LogP contribution in [0.5, 0.6) is 11.5 Å². The molecule has 0 radical (unpaired) electrons. The van der Waals surface area contributed by atoms with Crippen LogP contribution in [0.4, 0.5) is 0 Å². The molecule has 1 heterocycles. The summed E-state index contributed by atoms with van der Waals surface area (Å²) in [5, 5.41) is 24.3. The van der Waals surface area contributed by atoms with Crippen LogP contribution in [0.2, 0.25) is 0 Å². The number of ether oxygens (including phenoxy) is 1. The molecule has 2 aromatic carbocycles. The van der Waals surface area contributed by atoms with E-state index < -0.39 is 5.97 Å². The second kappa shape index (κ2) is 7.07. The zero-order chi connectivity index (χ0) is 20.7. The van der Waals surface area contributed by atoms with Gasteiger partial charge >= 0.3 is 5.97 Å². The number of hydrogen-bond acceptors (Lipinski definition) is 6. The van der Waals surface area contributed by atoms with Gasteiger partial charge in [-0.25, -0.2) is 4.79 Å². The number of rotatable bonds is 3. The second-order valence-electron chi connectivity index (χ2n) is 7.17. The van der Waals surface area contributed by atoms with Gasteiger partial charge in [0.25, 0.3) is 0 Å². The number of nitrogens with zero attached hydrogens (tertiary/aromatic N) is 3. The fraction of sp³-hybridized carbons (Fsp3) is 0.333. The predicted octanol–water partition coefficient (Wildman–Crippen LogP) is 3.95. The van der Waals surface area contributed by atoms with Crippen molar-refractivity contribution in [2.24, 2.45) is 0 Å². The average molecular weight is 380 g/mol. The maximum Gasteiger partial charge on any atom is 0.344 e. The highest BCUT2D eigenvalue weighted by Gasteiger charge is 2.24. The lowest BCUT2D eigenvalue weighted by Gasteiger charge is -2.20. The lowest BCUT2D eigenvalue weighted by atomic mass is 9.92. The minimum absolute atomic E-state index is 0.176. The summed E-state index contributed by atoms with van der Waals surface area (Å²) in [6.45, 7) is 13.1. The molecule has 0 amide bonds. The molecular weight excluding hydrogens is 356 g/mol. The fourth-order valence-corrected chi connectivity index (χ4v) is 3.55. The van der Waals surface area contributed by atoms with E-state index in [1.165, 1.54) is 0 Å². The predicted molar refractivity (Wildman–Crippen MR) is 106 cm³/mol. The van der Waals surface area contributed by atoms with Crippen molar-refractivity contribution in [1.82, 2.24) is 20.6 Å². The van der Waals surface area contributed by atoms with Crippen molar-refractivity contribution in [1.29, 1.82) is 0 Å². The van der Waals surface area contributed by atoms with Gasteiger partial charge in [0.1, 0.15) is 11.5 Å². The quantitative estimate of drug-likeness (QED) is 0.527. The van der Waals surface area contributed by atoms with Crippen LogP contribution in [0.15, 0.2) is 6.07 Å². The Hall–Kier alpha value is -3.22. The van der Waals surface area contributed by atoms with Crippen LogP contribution >= 0.6 is 0 Å². The first-order valence-corrected chi connectivity index (χ1v) is 9.01. The summed E-state index contributed by atoms with van der Waals surface area (Å²) in [4.78, 5) is 13.0. The third-order valence-electron chi connectivity index (χ3n) is 5.59. The number of carbonyl (C=O) groups is 1. The maximum absolute atomic E-state index is 13.0. The van der Waals surface area contributed by atoms with Crippen molar-refractivity contribution < 1.29 is 14.6 Å². The third kappa shape index (κ3) is 3.02. The van der Waals surface area contributed by atoms with Crippen molar-refractivity contribution in [2.75, 3.05) is 0 Å². The summed E-state index contributed by atoms with van der Waals surface area (Å²) in [5.74, 6) is 0.794. The molecule has 0 unspecified atom stereocenters. The molecular formula is C21H24N4O3. The van der Waals surface area contributed by atoms with Gasteiger partial charge in [-0.05, 0) is 98.7 Å². The number of aromatic amines is 1. The van der Waals surface area contributed by atoms with E-state index in [1.54, 1.807) is 19.9 Å². The van der Waals surface area contributed by atoms with Gasteiger partial charge in [-0.15, -0.1) is 10.2 Å². The molecule has 0 bridgehead atoms. The van der Waals surface area contributed by atoms with Gasteiger partial charge in [0, 0.05) is 5.56 Å². The van der Waals surface area contributed by atoms with Crippen molar-refractivity contribution in [3.05, 3.63) is 50.6 Å². The second-order valence-corrected chi connectivity index (χ2v) is 7.17. The normalized spacial score (nSPS) is 11.0. The van der Waals surface area contributed by atoms with Gasteiger partial charge in [-0.1, -0.05) is 0 Å². The highest BCUT2D eigenvalue weighted by molar-refractivity contribution is 5.95. The lowest BCUT2D eigenvalue weighted by Crippen LogP contribution is -2.15. The van der Waals surface area contributed by atoms with Gasteiger partial charge < -0.3 is 9.84 Å². The minimum Gasteiger partial charge on any atom is -0.508 e. The number of tetrazole rings is 1. The number of aryl methyl sites for hydroxylation is 1. The highest BCUT2D eigenvalue weighted by Crippen LogP contribution is 2.37. The van der Waals surface area contributed by atoms with E-state index >= 15 is 0 Å². The van der Waals surface area contributed by atoms with Crippen LogP contribution in [0, 0.1) is 48.5 Å². The summed E-state index contributed by atoms with van der Waals surface area (Å²) in [7, 11) is 0. The summed E-state index contributed by atoms with van der Waals surface area (Å²) in [6, 6.07) is 1.59. The number of phenolic OH excluding ortho intramolecular Hbond substituents is 1. The van der Waals surface area contributed by atoms with E-state index in [2.05, 4.69) is 20.6 Å². The van der Waals surface area contributed by atoms with Crippen molar-refractivity contribution in [3.63, 3.8) is 0 Å². The summed E-state index contributed by atoms with van der Waals surface area (Å²) < 4.78 is 5.87. The molecule has 0 aliphatic carbocycles. The third-order valence-corrected chi connectivity index (χ3v) is 5.59. The zero-order valence-corrected chi connectivity index (χ0v) is 17.2. The number of hydrogen-bond donors (Lipinski definition) is 2. The van der Waals surface area contributed by atoms with E-state index in [1.807, 2.05) is 34.6 Å². The van der Waals surface area contributed by atoms with Gasteiger partial charge in [0.15, 0.2) is 0 Å². The van der Waals surface area contributed by atoms with Gasteiger partial charge in [-0.3, -0.25) is 0 Å². The molecule has 146 valence electrons. The molecule has 0 atom stereocenters. The Kier molecular flexibility index (Phi) is 4.93. The van der Waals surface area contributed by atoms with Crippen LogP contribution in [-0.2, 0) is 0 Å². The molecule has 7 nitrogen and oxygen atoms in total. The molecule has 0 aliphatic heterocycles. The van der Waals surface area contributed by atoms with E-state index in [-0.39, 0.29) is 5.75 Å². The number of aromatic hydroxyl groups is 1. The fourth-order valence-electron chi connectivity index (χ4n) is 3.55. The molecule has 1 aromatic heterocycles. The van der Waals surface area contributed by atoms with Gasteiger partial charge in [0.05, 0.1) is 5.56 Å². The molecule has 3 rings (SSSR count). The van der Waals surface area contributed by atoms with Crippen molar-refractivity contribution in [2.45, 2.75) is 48.5 Å². The first-order chi connectivity index (χ1) is 13.1. The Morgan fingerprint density at radius 1 is 0.929 bits per heavy atom. The van der Waals surface area contributed by atoms with Crippen LogP contribution < -0.4 is 4.74 Å². The van der Waals surface area contributed by atoms with Crippen molar-refractivity contribution in [3.8, 4) is 22.9 Å². The van der Waals surface area contributed by atoms with Crippen LogP contribution in [0.25, 0.3) is 11.4 Å². The number of carbonyl (C=O) groups excluding carboxylic acids is 1. The molecule has 3 aromatic rings. The number of nitrogens with one attached hydrogen (secondary N) is 1. The van der Waals surface area contributed by atoms with Gasteiger partial charge in [0.2, 0.25) is 5.82 Å². The lowest BCUT2D eigenvalue weighted by molar-refractivity contribution is 0.0730. The summed E-state index contributed by atoms with van der Waals surface area (Å²) in [5.41, 5.74) is 7.00. The standard InChI is InChI=1S/C21H24N4O3/c1-9-8-16(26)10(2)11(3)17(9)21(27)28-19-14(6)12(4)18(13(5)15(19)7)20-22-24-25-23-20/h8,26H,1-7H3,(H,22,23,24,25).